The molecule has 0 saturated carbocycles. The third-order valence-corrected chi connectivity index (χ3v) is 2.31. The molecular formula is C14H14N2O2. The molecule has 0 saturated heterocycles. The average molecular weight is 242 g/mol. The Morgan fingerprint density at radius 2 is 1.72 bits per heavy atom. The van der Waals surface area contributed by atoms with Crippen LogP contribution < -0.4 is 4.74 Å². The summed E-state index contributed by atoms with van der Waals surface area (Å²) in [4.78, 5) is 18.9. The molecule has 2 aromatic heterocycles. The van der Waals surface area contributed by atoms with Crippen molar-refractivity contribution in [1.82, 2.24) is 9.97 Å². The van der Waals surface area contributed by atoms with E-state index >= 15 is 0 Å². The molecule has 0 unspecified atom stereocenters. The molecule has 0 aliphatic carbocycles. The molecule has 2 heterocycles. The molecular weight excluding hydrogens is 228 g/mol. The second-order valence-corrected chi connectivity index (χ2v) is 4.20. The van der Waals surface area contributed by atoms with E-state index in [9.17, 15) is 4.79 Å². The van der Waals surface area contributed by atoms with Crippen LogP contribution in [0.1, 0.15) is 24.2 Å². The van der Waals surface area contributed by atoms with Crippen LogP contribution in [-0.2, 0) is 0 Å². The summed E-state index contributed by atoms with van der Waals surface area (Å²) >= 11 is 0. The lowest BCUT2D eigenvalue weighted by molar-refractivity contribution is 0.112. The van der Waals surface area contributed by atoms with Crippen molar-refractivity contribution in [2.75, 3.05) is 0 Å². The molecule has 18 heavy (non-hydrogen) atoms. The van der Waals surface area contributed by atoms with Crippen LogP contribution in [0.3, 0.4) is 0 Å². The van der Waals surface area contributed by atoms with E-state index in [1.807, 2.05) is 19.9 Å². The van der Waals surface area contributed by atoms with Crippen LogP contribution >= 0.6 is 0 Å². The fraction of sp³-hybridized carbons (Fsp3) is 0.214. The van der Waals surface area contributed by atoms with E-state index in [1.165, 1.54) is 6.20 Å². The lowest BCUT2D eigenvalue weighted by Crippen LogP contribution is -2.05. The Morgan fingerprint density at radius 3 is 2.39 bits per heavy atom. The minimum Gasteiger partial charge on any atom is -0.489 e. The number of carbonyl (C=O) groups is 1. The Hall–Kier alpha value is -2.23. The number of aromatic nitrogens is 2. The van der Waals surface area contributed by atoms with E-state index < -0.39 is 0 Å². The predicted molar refractivity (Wildman–Crippen MR) is 68.6 cm³/mol. The van der Waals surface area contributed by atoms with Crippen LogP contribution in [0.25, 0.3) is 11.1 Å². The number of carbonyl (C=O) groups excluding carboxylic acids is 1. The maximum atomic E-state index is 10.7. The van der Waals surface area contributed by atoms with E-state index in [2.05, 4.69) is 9.97 Å². The van der Waals surface area contributed by atoms with Gasteiger partial charge in [0.15, 0.2) is 6.29 Å². The van der Waals surface area contributed by atoms with E-state index in [1.54, 1.807) is 24.7 Å². The lowest BCUT2D eigenvalue weighted by Gasteiger charge is -2.10. The molecule has 0 spiro atoms. The normalized spacial score (nSPS) is 10.4. The molecule has 2 rings (SSSR count). The van der Waals surface area contributed by atoms with Gasteiger partial charge in [0.1, 0.15) is 5.75 Å². The molecule has 0 fully saturated rings. The second kappa shape index (κ2) is 5.40. The highest BCUT2D eigenvalue weighted by Gasteiger charge is 2.04. The van der Waals surface area contributed by atoms with Crippen LogP contribution in [0.2, 0.25) is 0 Å². The molecule has 0 atom stereocenters. The summed E-state index contributed by atoms with van der Waals surface area (Å²) in [5, 5.41) is 0. The van der Waals surface area contributed by atoms with Gasteiger partial charge >= 0.3 is 0 Å². The van der Waals surface area contributed by atoms with Gasteiger partial charge in [0, 0.05) is 35.3 Å². The minimum absolute atomic E-state index is 0.0986. The molecule has 0 amide bonds. The smallest absolute Gasteiger partial charge is 0.151 e. The van der Waals surface area contributed by atoms with Crippen LogP contribution in [0, 0.1) is 0 Å². The third kappa shape index (κ3) is 2.91. The summed E-state index contributed by atoms with van der Waals surface area (Å²) in [5.74, 6) is 0.707. The Morgan fingerprint density at radius 1 is 1.06 bits per heavy atom. The van der Waals surface area contributed by atoms with Gasteiger partial charge in [0.05, 0.1) is 12.3 Å². The number of hydrogen-bond acceptors (Lipinski definition) is 4. The second-order valence-electron chi connectivity index (χ2n) is 4.20. The zero-order valence-electron chi connectivity index (χ0n) is 10.3. The monoisotopic (exact) mass is 242 g/mol. The van der Waals surface area contributed by atoms with Crippen LogP contribution in [-0.4, -0.2) is 22.4 Å². The summed E-state index contributed by atoms with van der Waals surface area (Å²) < 4.78 is 5.58. The SMILES string of the molecule is CC(C)Oc1cncc(-c2cncc(C=O)c2)c1. The Labute approximate surface area is 106 Å². The first-order valence-corrected chi connectivity index (χ1v) is 5.71. The van der Waals surface area contributed by atoms with Gasteiger partial charge in [0.25, 0.3) is 0 Å². The topological polar surface area (TPSA) is 52.1 Å². The predicted octanol–water partition coefficient (Wildman–Crippen LogP) is 2.74. The first-order chi connectivity index (χ1) is 8.69. The maximum absolute atomic E-state index is 10.7. The summed E-state index contributed by atoms with van der Waals surface area (Å²) in [6.45, 7) is 3.92. The van der Waals surface area contributed by atoms with Gasteiger partial charge in [-0.05, 0) is 26.0 Å². The standard InChI is InChI=1S/C14H14N2O2/c1-10(2)18-14-4-13(7-16-8-14)12-3-11(9-17)5-15-6-12/h3-10H,1-2H3. The maximum Gasteiger partial charge on any atom is 0.151 e. The zero-order valence-corrected chi connectivity index (χ0v) is 10.3. The fourth-order valence-corrected chi connectivity index (χ4v) is 1.59. The molecule has 0 aliphatic rings. The van der Waals surface area contributed by atoms with Crippen molar-refractivity contribution in [2.24, 2.45) is 0 Å². The number of aldehydes is 1. The molecule has 92 valence electrons. The van der Waals surface area contributed by atoms with Crippen molar-refractivity contribution in [1.29, 1.82) is 0 Å². The average Bonchev–Trinajstić information content (AvgIpc) is 2.38. The Balaban J connectivity index is 2.34. The van der Waals surface area contributed by atoms with Gasteiger partial charge in [0.2, 0.25) is 0 Å². The van der Waals surface area contributed by atoms with Gasteiger partial charge in [-0.1, -0.05) is 0 Å². The number of ether oxygens (including phenoxy) is 1. The van der Waals surface area contributed by atoms with Gasteiger partial charge in [-0.15, -0.1) is 0 Å². The molecule has 4 heteroatoms. The molecule has 0 aliphatic heterocycles. The van der Waals surface area contributed by atoms with Gasteiger partial charge in [-0.3, -0.25) is 14.8 Å². The van der Waals surface area contributed by atoms with Gasteiger partial charge in [-0.25, -0.2) is 0 Å². The van der Waals surface area contributed by atoms with E-state index in [4.69, 9.17) is 4.74 Å². The Kier molecular flexibility index (Phi) is 3.67. The zero-order chi connectivity index (χ0) is 13.0. The Bertz CT molecular complexity index is 553. The third-order valence-electron chi connectivity index (χ3n) is 2.31. The molecule has 2 aromatic rings. The molecule has 0 radical (unpaired) electrons. The lowest BCUT2D eigenvalue weighted by atomic mass is 10.1. The van der Waals surface area contributed by atoms with Crippen molar-refractivity contribution in [3.63, 3.8) is 0 Å². The minimum atomic E-state index is 0.0986. The number of pyridine rings is 2. The summed E-state index contributed by atoms with van der Waals surface area (Å²) in [6, 6.07) is 3.66. The quantitative estimate of drug-likeness (QED) is 0.773. The first-order valence-electron chi connectivity index (χ1n) is 5.71. The first kappa shape index (κ1) is 12.2. The van der Waals surface area contributed by atoms with Crippen molar-refractivity contribution < 1.29 is 9.53 Å². The molecule has 0 N–H and O–H groups in total. The van der Waals surface area contributed by atoms with Crippen molar-refractivity contribution in [3.05, 3.63) is 42.5 Å². The number of rotatable bonds is 4. The number of hydrogen-bond donors (Lipinski definition) is 0. The van der Waals surface area contributed by atoms with E-state index in [0.29, 0.717) is 11.3 Å². The summed E-state index contributed by atoms with van der Waals surface area (Å²) in [7, 11) is 0. The molecule has 0 aromatic carbocycles. The van der Waals surface area contributed by atoms with E-state index in [-0.39, 0.29) is 6.10 Å². The summed E-state index contributed by atoms with van der Waals surface area (Å²) in [5.41, 5.74) is 2.27. The van der Waals surface area contributed by atoms with Crippen LogP contribution in [0.4, 0.5) is 0 Å². The van der Waals surface area contributed by atoms with Crippen molar-refractivity contribution in [2.45, 2.75) is 20.0 Å². The molecule has 4 nitrogen and oxygen atoms in total. The largest absolute Gasteiger partial charge is 0.489 e. The van der Waals surface area contributed by atoms with Crippen molar-refractivity contribution >= 4 is 6.29 Å². The van der Waals surface area contributed by atoms with Crippen molar-refractivity contribution in [3.8, 4) is 16.9 Å². The highest BCUT2D eigenvalue weighted by atomic mass is 16.5. The number of nitrogens with zero attached hydrogens (tertiary/aromatic N) is 2. The highest BCUT2D eigenvalue weighted by molar-refractivity contribution is 5.77. The summed E-state index contributed by atoms with van der Waals surface area (Å²) in [6.07, 6.45) is 7.49. The van der Waals surface area contributed by atoms with Crippen LogP contribution in [0.15, 0.2) is 36.9 Å². The van der Waals surface area contributed by atoms with E-state index in [0.717, 1.165) is 17.4 Å². The highest BCUT2D eigenvalue weighted by Crippen LogP contribution is 2.22. The van der Waals surface area contributed by atoms with Gasteiger partial charge in [-0.2, -0.15) is 0 Å². The molecule has 0 bridgehead atoms. The van der Waals surface area contributed by atoms with Gasteiger partial charge < -0.3 is 4.74 Å². The fourth-order valence-electron chi connectivity index (χ4n) is 1.59. The van der Waals surface area contributed by atoms with Crippen LogP contribution in [0.5, 0.6) is 5.75 Å².